The van der Waals surface area contributed by atoms with Crippen LogP contribution in [0.5, 0.6) is 0 Å². The summed E-state index contributed by atoms with van der Waals surface area (Å²) in [6.07, 6.45) is 5.08. The van der Waals surface area contributed by atoms with E-state index >= 15 is 0 Å². The van der Waals surface area contributed by atoms with Crippen LogP contribution in [-0.2, 0) is 4.79 Å². The van der Waals surface area contributed by atoms with Crippen molar-refractivity contribution in [3.63, 3.8) is 0 Å². The minimum Gasteiger partial charge on any atom is -0.339 e. The lowest BCUT2D eigenvalue weighted by Crippen LogP contribution is -2.53. The summed E-state index contributed by atoms with van der Waals surface area (Å²) in [6.45, 7) is 3.41. The predicted molar refractivity (Wildman–Crippen MR) is 55.7 cm³/mol. The van der Waals surface area contributed by atoms with Crippen LogP contribution in [0.1, 0.15) is 32.6 Å². The van der Waals surface area contributed by atoms with E-state index in [-0.39, 0.29) is 11.8 Å². The van der Waals surface area contributed by atoms with E-state index in [1.54, 1.807) is 0 Å². The lowest BCUT2D eigenvalue weighted by molar-refractivity contribution is -0.142. The molecule has 3 rings (SSSR count). The van der Waals surface area contributed by atoms with Crippen LogP contribution in [0.25, 0.3) is 0 Å². The molecule has 1 aliphatic carbocycles. The van der Waals surface area contributed by atoms with Gasteiger partial charge in [-0.1, -0.05) is 6.92 Å². The topological polar surface area (TPSA) is 46.3 Å². The Bertz CT molecular complexity index is 221. The zero-order chi connectivity index (χ0) is 10.1. The standard InChI is InChI=1S/C11H20N2O/c1-8(6-12)11(14)13-7-9-2-4-10(13)5-3-9/h8-10H,2-7,12H2,1H3. The Morgan fingerprint density at radius 2 is 2.07 bits per heavy atom. The first-order chi connectivity index (χ1) is 6.72. The van der Waals surface area contributed by atoms with Crippen LogP contribution in [0.3, 0.4) is 0 Å². The van der Waals surface area contributed by atoms with Crippen molar-refractivity contribution in [2.75, 3.05) is 13.1 Å². The van der Waals surface area contributed by atoms with Gasteiger partial charge in [-0.15, -0.1) is 0 Å². The van der Waals surface area contributed by atoms with Crippen molar-refractivity contribution in [1.82, 2.24) is 4.90 Å². The summed E-state index contributed by atoms with van der Waals surface area (Å²) in [4.78, 5) is 14.1. The fourth-order valence-corrected chi connectivity index (χ4v) is 2.72. The van der Waals surface area contributed by atoms with Gasteiger partial charge in [-0.05, 0) is 31.6 Å². The number of piperidine rings is 2. The monoisotopic (exact) mass is 196 g/mol. The molecule has 0 aromatic carbocycles. The van der Waals surface area contributed by atoms with Crippen LogP contribution in [0.4, 0.5) is 0 Å². The molecule has 2 bridgehead atoms. The van der Waals surface area contributed by atoms with Gasteiger partial charge in [-0.25, -0.2) is 0 Å². The first kappa shape index (κ1) is 9.97. The highest BCUT2D eigenvalue weighted by Crippen LogP contribution is 2.35. The fraction of sp³-hybridized carbons (Fsp3) is 0.909. The minimum atomic E-state index is 0.00866. The molecule has 3 nitrogen and oxygen atoms in total. The zero-order valence-corrected chi connectivity index (χ0v) is 8.91. The molecule has 14 heavy (non-hydrogen) atoms. The number of carbonyl (C=O) groups is 1. The largest absolute Gasteiger partial charge is 0.339 e. The Labute approximate surface area is 85.6 Å². The predicted octanol–water partition coefficient (Wildman–Crippen LogP) is 0.982. The average Bonchev–Trinajstić information content (AvgIpc) is 2.28. The van der Waals surface area contributed by atoms with Gasteiger partial charge in [-0.3, -0.25) is 4.79 Å². The zero-order valence-electron chi connectivity index (χ0n) is 8.91. The van der Waals surface area contributed by atoms with Crippen molar-refractivity contribution in [1.29, 1.82) is 0 Å². The summed E-state index contributed by atoms with van der Waals surface area (Å²) in [7, 11) is 0. The van der Waals surface area contributed by atoms with E-state index in [0.29, 0.717) is 12.6 Å². The molecule has 3 heteroatoms. The van der Waals surface area contributed by atoms with Gasteiger partial charge in [-0.2, -0.15) is 0 Å². The van der Waals surface area contributed by atoms with E-state index in [2.05, 4.69) is 4.90 Å². The number of rotatable bonds is 2. The third-order valence-corrected chi connectivity index (χ3v) is 3.77. The second-order valence-electron chi connectivity index (χ2n) is 4.80. The quantitative estimate of drug-likeness (QED) is 0.715. The molecule has 0 spiro atoms. The van der Waals surface area contributed by atoms with Gasteiger partial charge < -0.3 is 10.6 Å². The van der Waals surface area contributed by atoms with Crippen molar-refractivity contribution < 1.29 is 4.79 Å². The second-order valence-corrected chi connectivity index (χ2v) is 4.80. The molecule has 2 heterocycles. The normalized spacial score (nSPS) is 33.1. The van der Waals surface area contributed by atoms with E-state index in [0.717, 1.165) is 12.5 Å². The van der Waals surface area contributed by atoms with E-state index in [9.17, 15) is 4.79 Å². The molecular weight excluding hydrogens is 176 g/mol. The van der Waals surface area contributed by atoms with Crippen molar-refractivity contribution in [3.05, 3.63) is 0 Å². The number of amides is 1. The van der Waals surface area contributed by atoms with Gasteiger partial charge in [0.05, 0.1) is 0 Å². The molecule has 1 unspecified atom stereocenters. The molecule has 0 aromatic rings. The minimum absolute atomic E-state index is 0.00866. The number of hydrogen-bond donors (Lipinski definition) is 1. The first-order valence-electron chi connectivity index (χ1n) is 5.73. The first-order valence-corrected chi connectivity index (χ1v) is 5.73. The van der Waals surface area contributed by atoms with E-state index < -0.39 is 0 Å². The summed E-state index contributed by atoms with van der Waals surface area (Å²) >= 11 is 0. The molecule has 1 saturated carbocycles. The summed E-state index contributed by atoms with van der Waals surface area (Å²) in [6, 6.07) is 0.529. The van der Waals surface area contributed by atoms with E-state index in [1.807, 2.05) is 6.92 Å². The lowest BCUT2D eigenvalue weighted by Gasteiger charge is -2.46. The SMILES string of the molecule is CC(CN)C(=O)N1CC2CCC1CC2. The van der Waals surface area contributed by atoms with Crippen LogP contribution >= 0.6 is 0 Å². The second kappa shape index (κ2) is 3.89. The Kier molecular flexibility index (Phi) is 2.77. The molecule has 1 atom stereocenters. The highest BCUT2D eigenvalue weighted by atomic mass is 16.2. The molecular formula is C11H20N2O. The van der Waals surface area contributed by atoms with Gasteiger partial charge in [0.25, 0.3) is 0 Å². The van der Waals surface area contributed by atoms with Crippen molar-refractivity contribution >= 4 is 5.91 Å². The number of nitrogens with zero attached hydrogens (tertiary/aromatic N) is 1. The molecule has 0 aromatic heterocycles. The van der Waals surface area contributed by atoms with Crippen molar-refractivity contribution in [3.8, 4) is 0 Å². The summed E-state index contributed by atoms with van der Waals surface area (Å²) in [5.41, 5.74) is 5.53. The third-order valence-electron chi connectivity index (χ3n) is 3.77. The molecule has 2 aliphatic heterocycles. The maximum absolute atomic E-state index is 12.0. The van der Waals surface area contributed by atoms with Gasteiger partial charge in [0.2, 0.25) is 5.91 Å². The van der Waals surface area contributed by atoms with Gasteiger partial charge in [0, 0.05) is 25.0 Å². The van der Waals surface area contributed by atoms with Crippen LogP contribution in [0.2, 0.25) is 0 Å². The molecule has 0 radical (unpaired) electrons. The van der Waals surface area contributed by atoms with Gasteiger partial charge >= 0.3 is 0 Å². The third kappa shape index (κ3) is 1.65. The molecule has 2 saturated heterocycles. The molecule has 2 N–H and O–H groups in total. The highest BCUT2D eigenvalue weighted by Gasteiger charge is 2.37. The Morgan fingerprint density at radius 3 is 2.50 bits per heavy atom. The molecule has 3 fully saturated rings. The summed E-state index contributed by atoms with van der Waals surface area (Å²) in [5, 5.41) is 0. The molecule has 1 amide bonds. The Hall–Kier alpha value is -0.570. The number of carbonyl (C=O) groups excluding carboxylic acids is 1. The van der Waals surface area contributed by atoms with Crippen LogP contribution in [0, 0.1) is 11.8 Å². The Morgan fingerprint density at radius 1 is 1.43 bits per heavy atom. The Balaban J connectivity index is 2.01. The average molecular weight is 196 g/mol. The van der Waals surface area contributed by atoms with Crippen LogP contribution < -0.4 is 5.73 Å². The van der Waals surface area contributed by atoms with Gasteiger partial charge in [0.1, 0.15) is 0 Å². The van der Waals surface area contributed by atoms with E-state index in [1.165, 1.54) is 25.7 Å². The smallest absolute Gasteiger partial charge is 0.226 e. The van der Waals surface area contributed by atoms with Crippen molar-refractivity contribution in [2.24, 2.45) is 17.6 Å². The van der Waals surface area contributed by atoms with Gasteiger partial charge in [0.15, 0.2) is 0 Å². The maximum Gasteiger partial charge on any atom is 0.226 e. The maximum atomic E-state index is 12.0. The van der Waals surface area contributed by atoms with E-state index in [4.69, 9.17) is 5.73 Å². The number of hydrogen-bond acceptors (Lipinski definition) is 2. The number of nitrogens with two attached hydrogens (primary N) is 1. The summed E-state index contributed by atoms with van der Waals surface area (Å²) < 4.78 is 0. The fourth-order valence-electron chi connectivity index (χ4n) is 2.72. The highest BCUT2D eigenvalue weighted by molar-refractivity contribution is 5.79. The van der Waals surface area contributed by atoms with Crippen LogP contribution in [-0.4, -0.2) is 29.9 Å². The summed E-state index contributed by atoms with van der Waals surface area (Å²) in [5.74, 6) is 1.06. The van der Waals surface area contributed by atoms with Crippen molar-refractivity contribution in [2.45, 2.75) is 38.6 Å². The lowest BCUT2D eigenvalue weighted by atomic mass is 9.79. The number of fused-ring (bicyclic) bond motifs is 3. The molecule has 80 valence electrons. The van der Waals surface area contributed by atoms with Crippen LogP contribution in [0.15, 0.2) is 0 Å². The molecule has 3 aliphatic rings.